The van der Waals surface area contributed by atoms with E-state index in [-0.39, 0.29) is 12.0 Å². The standard InChI is InChI=1S/C19H29N3O2/c1-20(2)12-17-8-9-22(14-17)19(23)18-15-21(10-11-24-18)13-16-6-4-3-5-7-16/h3-7,17-18H,8-15H2,1-2H3/t17-,18-/m1/s1. The van der Waals surface area contributed by atoms with Gasteiger partial charge in [0.25, 0.3) is 5.91 Å². The highest BCUT2D eigenvalue weighted by Gasteiger charge is 2.34. The zero-order valence-electron chi connectivity index (χ0n) is 14.9. The summed E-state index contributed by atoms with van der Waals surface area (Å²) in [5, 5.41) is 0. The SMILES string of the molecule is CN(C)C[C@H]1CCN(C(=O)[C@H]2CN(Cc3ccccc3)CCO2)C1. The predicted octanol–water partition coefficient (Wildman–Crippen LogP) is 1.30. The molecule has 5 heteroatoms. The third kappa shape index (κ3) is 4.56. The number of carbonyl (C=O) groups excluding carboxylic acids is 1. The second-order valence-corrected chi connectivity index (χ2v) is 7.28. The number of hydrogen-bond donors (Lipinski definition) is 0. The zero-order valence-corrected chi connectivity index (χ0v) is 14.9. The van der Waals surface area contributed by atoms with Crippen LogP contribution in [-0.4, -0.2) is 80.1 Å². The first-order valence-electron chi connectivity index (χ1n) is 8.93. The Morgan fingerprint density at radius 2 is 2.00 bits per heavy atom. The van der Waals surface area contributed by atoms with Crippen LogP contribution in [0.1, 0.15) is 12.0 Å². The summed E-state index contributed by atoms with van der Waals surface area (Å²) in [5.41, 5.74) is 1.29. The second-order valence-electron chi connectivity index (χ2n) is 7.28. The van der Waals surface area contributed by atoms with Crippen LogP contribution in [0.4, 0.5) is 0 Å². The molecule has 2 atom stereocenters. The van der Waals surface area contributed by atoms with Gasteiger partial charge in [-0.3, -0.25) is 9.69 Å². The van der Waals surface area contributed by atoms with Gasteiger partial charge < -0.3 is 14.5 Å². The average Bonchev–Trinajstić information content (AvgIpc) is 3.03. The Kier molecular flexibility index (Phi) is 5.87. The minimum Gasteiger partial charge on any atom is -0.366 e. The number of benzene rings is 1. The largest absolute Gasteiger partial charge is 0.366 e. The van der Waals surface area contributed by atoms with E-state index in [1.165, 1.54) is 5.56 Å². The fourth-order valence-electron chi connectivity index (χ4n) is 3.74. The van der Waals surface area contributed by atoms with Gasteiger partial charge in [0.05, 0.1) is 6.61 Å². The molecule has 0 spiro atoms. The maximum atomic E-state index is 12.8. The van der Waals surface area contributed by atoms with Crippen LogP contribution in [0, 0.1) is 5.92 Å². The van der Waals surface area contributed by atoms with Gasteiger partial charge in [0.1, 0.15) is 6.10 Å². The molecule has 0 N–H and O–H groups in total. The Labute approximate surface area is 145 Å². The summed E-state index contributed by atoms with van der Waals surface area (Å²) in [6, 6.07) is 10.4. The maximum Gasteiger partial charge on any atom is 0.253 e. The van der Waals surface area contributed by atoms with Crippen molar-refractivity contribution in [2.75, 3.05) is 53.4 Å². The Morgan fingerprint density at radius 1 is 1.21 bits per heavy atom. The molecule has 5 nitrogen and oxygen atoms in total. The van der Waals surface area contributed by atoms with Crippen molar-refractivity contribution in [3.63, 3.8) is 0 Å². The lowest BCUT2D eigenvalue weighted by Crippen LogP contribution is -2.50. The molecule has 0 aromatic heterocycles. The first-order valence-corrected chi connectivity index (χ1v) is 8.93. The van der Waals surface area contributed by atoms with E-state index >= 15 is 0 Å². The molecule has 2 aliphatic heterocycles. The van der Waals surface area contributed by atoms with Crippen LogP contribution in [0.2, 0.25) is 0 Å². The van der Waals surface area contributed by atoms with E-state index in [2.05, 4.69) is 48.2 Å². The fourth-order valence-corrected chi connectivity index (χ4v) is 3.74. The first kappa shape index (κ1) is 17.4. The van der Waals surface area contributed by atoms with Crippen LogP contribution in [-0.2, 0) is 16.1 Å². The van der Waals surface area contributed by atoms with E-state index in [0.29, 0.717) is 19.1 Å². The number of morpholine rings is 1. The molecule has 132 valence electrons. The number of nitrogens with zero attached hydrogens (tertiary/aromatic N) is 3. The van der Waals surface area contributed by atoms with E-state index in [4.69, 9.17) is 4.74 Å². The topological polar surface area (TPSA) is 36.0 Å². The highest BCUT2D eigenvalue weighted by molar-refractivity contribution is 5.81. The van der Waals surface area contributed by atoms with Crippen LogP contribution in [0.5, 0.6) is 0 Å². The second kappa shape index (κ2) is 8.10. The normalized spacial score (nSPS) is 25.4. The summed E-state index contributed by atoms with van der Waals surface area (Å²) in [5.74, 6) is 0.766. The molecular weight excluding hydrogens is 302 g/mol. The molecule has 0 aliphatic carbocycles. The molecule has 2 aliphatic rings. The van der Waals surface area contributed by atoms with E-state index in [9.17, 15) is 4.79 Å². The number of likely N-dealkylation sites (tertiary alicyclic amines) is 1. The van der Waals surface area contributed by atoms with Gasteiger partial charge in [0, 0.05) is 39.3 Å². The van der Waals surface area contributed by atoms with E-state index in [1.54, 1.807) is 0 Å². The maximum absolute atomic E-state index is 12.8. The molecular formula is C19H29N3O2. The lowest BCUT2D eigenvalue weighted by molar-refractivity contribution is -0.148. The van der Waals surface area contributed by atoms with Crippen molar-refractivity contribution < 1.29 is 9.53 Å². The zero-order chi connectivity index (χ0) is 16.9. The van der Waals surface area contributed by atoms with Gasteiger partial charge in [-0.1, -0.05) is 30.3 Å². The van der Waals surface area contributed by atoms with Crippen molar-refractivity contribution >= 4 is 5.91 Å². The lowest BCUT2D eigenvalue weighted by Gasteiger charge is -2.34. The Morgan fingerprint density at radius 3 is 2.75 bits per heavy atom. The number of rotatable bonds is 5. The predicted molar refractivity (Wildman–Crippen MR) is 94.7 cm³/mol. The molecule has 1 aromatic rings. The Balaban J connectivity index is 1.52. The van der Waals surface area contributed by atoms with Gasteiger partial charge >= 0.3 is 0 Å². The number of carbonyl (C=O) groups is 1. The molecule has 2 saturated heterocycles. The van der Waals surface area contributed by atoms with Crippen molar-refractivity contribution in [3.8, 4) is 0 Å². The third-order valence-corrected chi connectivity index (χ3v) is 4.90. The van der Waals surface area contributed by atoms with Crippen molar-refractivity contribution in [2.45, 2.75) is 19.1 Å². The Bertz CT molecular complexity index is 535. The minimum atomic E-state index is -0.305. The summed E-state index contributed by atoms with van der Waals surface area (Å²) in [7, 11) is 4.19. The van der Waals surface area contributed by atoms with Gasteiger partial charge in [0.2, 0.25) is 0 Å². The number of amides is 1. The quantitative estimate of drug-likeness (QED) is 0.815. The monoisotopic (exact) mass is 331 g/mol. The molecule has 3 rings (SSSR count). The van der Waals surface area contributed by atoms with E-state index in [0.717, 1.165) is 39.1 Å². The molecule has 0 radical (unpaired) electrons. The van der Waals surface area contributed by atoms with E-state index in [1.807, 2.05) is 11.0 Å². The first-order chi connectivity index (χ1) is 11.6. The summed E-state index contributed by atoms with van der Waals surface area (Å²) in [6.07, 6.45) is 0.797. The van der Waals surface area contributed by atoms with Gasteiger partial charge in [0.15, 0.2) is 0 Å². The smallest absolute Gasteiger partial charge is 0.253 e. The van der Waals surface area contributed by atoms with Gasteiger partial charge in [-0.15, -0.1) is 0 Å². The molecule has 24 heavy (non-hydrogen) atoms. The molecule has 1 amide bonds. The minimum absolute atomic E-state index is 0.175. The van der Waals surface area contributed by atoms with Crippen LogP contribution >= 0.6 is 0 Å². The number of hydrogen-bond acceptors (Lipinski definition) is 4. The van der Waals surface area contributed by atoms with E-state index < -0.39 is 0 Å². The molecule has 0 saturated carbocycles. The summed E-state index contributed by atoms with van der Waals surface area (Å²) in [4.78, 5) is 19.3. The average molecular weight is 331 g/mol. The Hall–Kier alpha value is -1.43. The summed E-state index contributed by atoms with van der Waals surface area (Å²) < 4.78 is 5.79. The highest BCUT2D eigenvalue weighted by atomic mass is 16.5. The van der Waals surface area contributed by atoms with Crippen molar-refractivity contribution in [2.24, 2.45) is 5.92 Å². The third-order valence-electron chi connectivity index (χ3n) is 4.90. The lowest BCUT2D eigenvalue weighted by atomic mass is 10.1. The summed E-state index contributed by atoms with van der Waals surface area (Å²) >= 11 is 0. The van der Waals surface area contributed by atoms with Crippen LogP contribution in [0.25, 0.3) is 0 Å². The molecule has 2 heterocycles. The molecule has 2 fully saturated rings. The van der Waals surface area contributed by atoms with Gasteiger partial charge in [-0.05, 0) is 32.0 Å². The summed E-state index contributed by atoms with van der Waals surface area (Å²) in [6.45, 7) is 5.90. The van der Waals surface area contributed by atoms with Crippen molar-refractivity contribution in [1.82, 2.24) is 14.7 Å². The van der Waals surface area contributed by atoms with Crippen molar-refractivity contribution in [1.29, 1.82) is 0 Å². The van der Waals surface area contributed by atoms with Gasteiger partial charge in [-0.25, -0.2) is 0 Å². The highest BCUT2D eigenvalue weighted by Crippen LogP contribution is 2.20. The molecule has 1 aromatic carbocycles. The fraction of sp³-hybridized carbons (Fsp3) is 0.632. The van der Waals surface area contributed by atoms with Crippen molar-refractivity contribution in [3.05, 3.63) is 35.9 Å². The van der Waals surface area contributed by atoms with Crippen LogP contribution in [0.3, 0.4) is 0 Å². The number of ether oxygens (including phenoxy) is 1. The van der Waals surface area contributed by atoms with Gasteiger partial charge in [-0.2, -0.15) is 0 Å². The van der Waals surface area contributed by atoms with Crippen LogP contribution < -0.4 is 0 Å². The molecule has 0 bridgehead atoms. The van der Waals surface area contributed by atoms with Crippen LogP contribution in [0.15, 0.2) is 30.3 Å². The molecule has 0 unspecified atom stereocenters.